The zero-order valence-corrected chi connectivity index (χ0v) is 8.23. The molecule has 0 aromatic heterocycles. The predicted octanol–water partition coefficient (Wildman–Crippen LogP) is -0.505. The first-order chi connectivity index (χ1) is 6.11. The molecule has 3 unspecified atom stereocenters. The van der Waals surface area contributed by atoms with E-state index >= 15 is 0 Å². The molecular formula is C9H19NO3. The second-order valence-corrected chi connectivity index (χ2v) is 3.82. The summed E-state index contributed by atoms with van der Waals surface area (Å²) >= 11 is 0. The Hall–Kier alpha value is -0.160. The number of ether oxygens (including phenoxy) is 1. The van der Waals surface area contributed by atoms with Gasteiger partial charge >= 0.3 is 0 Å². The second kappa shape index (κ2) is 4.91. The lowest BCUT2D eigenvalue weighted by Crippen LogP contribution is -2.49. The molecule has 3 N–H and O–H groups in total. The lowest BCUT2D eigenvalue weighted by molar-refractivity contribution is -0.133. The van der Waals surface area contributed by atoms with Gasteiger partial charge in [-0.2, -0.15) is 0 Å². The van der Waals surface area contributed by atoms with Gasteiger partial charge in [-0.3, -0.25) is 0 Å². The molecule has 1 saturated heterocycles. The van der Waals surface area contributed by atoms with Gasteiger partial charge < -0.3 is 20.3 Å². The standard InChI is InChI=1S/C9H19NO3/c1-6(2)10-5-8-9(12)7(11)3-4-13-8/h6-12H,3-5H2,1-2H3. The molecular weight excluding hydrogens is 170 g/mol. The molecule has 1 aliphatic rings. The van der Waals surface area contributed by atoms with Gasteiger partial charge in [0.1, 0.15) is 6.10 Å². The molecule has 0 spiro atoms. The number of aliphatic hydroxyl groups excluding tert-OH is 2. The highest BCUT2D eigenvalue weighted by atomic mass is 16.5. The Labute approximate surface area is 78.9 Å². The third-order valence-corrected chi connectivity index (χ3v) is 2.25. The molecule has 0 radical (unpaired) electrons. The number of nitrogens with one attached hydrogen (secondary N) is 1. The van der Waals surface area contributed by atoms with Crippen molar-refractivity contribution in [2.75, 3.05) is 13.2 Å². The van der Waals surface area contributed by atoms with Gasteiger partial charge in [0.15, 0.2) is 0 Å². The third-order valence-electron chi connectivity index (χ3n) is 2.25. The summed E-state index contributed by atoms with van der Waals surface area (Å²) in [6, 6.07) is 0.370. The lowest BCUT2D eigenvalue weighted by atomic mass is 10.0. The van der Waals surface area contributed by atoms with Crippen LogP contribution in [0.3, 0.4) is 0 Å². The van der Waals surface area contributed by atoms with E-state index in [1.54, 1.807) is 0 Å². The average molecular weight is 189 g/mol. The molecule has 0 aromatic carbocycles. The minimum Gasteiger partial charge on any atom is -0.390 e. The van der Waals surface area contributed by atoms with Crippen LogP contribution in [-0.4, -0.2) is 47.7 Å². The summed E-state index contributed by atoms with van der Waals surface area (Å²) in [7, 11) is 0. The van der Waals surface area contributed by atoms with Gasteiger partial charge in [0, 0.05) is 19.2 Å². The number of aliphatic hydroxyl groups is 2. The number of rotatable bonds is 3. The van der Waals surface area contributed by atoms with Gasteiger partial charge in [-0.05, 0) is 6.42 Å². The van der Waals surface area contributed by atoms with Crippen LogP contribution in [0.4, 0.5) is 0 Å². The van der Waals surface area contributed by atoms with Crippen LogP contribution in [0.25, 0.3) is 0 Å². The van der Waals surface area contributed by atoms with Crippen LogP contribution in [0.5, 0.6) is 0 Å². The molecule has 4 nitrogen and oxygen atoms in total. The molecule has 1 heterocycles. The minimum absolute atomic E-state index is 0.272. The summed E-state index contributed by atoms with van der Waals surface area (Å²) in [6.07, 6.45) is -1.13. The van der Waals surface area contributed by atoms with Crippen molar-refractivity contribution in [3.8, 4) is 0 Å². The topological polar surface area (TPSA) is 61.7 Å². The molecule has 0 bridgehead atoms. The molecule has 1 rings (SSSR count). The third kappa shape index (κ3) is 3.23. The molecule has 0 saturated carbocycles. The average Bonchev–Trinajstić information content (AvgIpc) is 2.07. The van der Waals surface area contributed by atoms with Crippen LogP contribution in [-0.2, 0) is 4.74 Å². The van der Waals surface area contributed by atoms with Crippen LogP contribution in [0.2, 0.25) is 0 Å². The van der Waals surface area contributed by atoms with Gasteiger partial charge in [0.2, 0.25) is 0 Å². The number of hydrogen-bond acceptors (Lipinski definition) is 4. The van der Waals surface area contributed by atoms with Crippen molar-refractivity contribution in [2.45, 2.75) is 44.6 Å². The SMILES string of the molecule is CC(C)NCC1OCCC(O)C1O. The Morgan fingerprint density at radius 1 is 1.46 bits per heavy atom. The normalized spacial score (nSPS) is 35.3. The maximum atomic E-state index is 9.54. The molecule has 13 heavy (non-hydrogen) atoms. The molecule has 0 aromatic rings. The van der Waals surface area contributed by atoms with Crippen molar-refractivity contribution in [1.82, 2.24) is 5.32 Å². The zero-order valence-electron chi connectivity index (χ0n) is 8.23. The fraction of sp³-hybridized carbons (Fsp3) is 1.00. The Morgan fingerprint density at radius 2 is 2.15 bits per heavy atom. The Balaban J connectivity index is 2.31. The maximum Gasteiger partial charge on any atom is 0.107 e. The minimum atomic E-state index is -0.750. The van der Waals surface area contributed by atoms with E-state index in [1.807, 2.05) is 13.8 Å². The highest BCUT2D eigenvalue weighted by Gasteiger charge is 2.30. The quantitative estimate of drug-likeness (QED) is 0.560. The van der Waals surface area contributed by atoms with Crippen molar-refractivity contribution >= 4 is 0 Å². The van der Waals surface area contributed by atoms with Gasteiger partial charge in [-0.1, -0.05) is 13.8 Å². The predicted molar refractivity (Wildman–Crippen MR) is 49.5 cm³/mol. The first-order valence-corrected chi connectivity index (χ1v) is 4.82. The van der Waals surface area contributed by atoms with Crippen LogP contribution in [0, 0.1) is 0 Å². The smallest absolute Gasteiger partial charge is 0.107 e. The van der Waals surface area contributed by atoms with Crippen LogP contribution < -0.4 is 5.32 Å². The maximum absolute atomic E-state index is 9.54. The molecule has 78 valence electrons. The van der Waals surface area contributed by atoms with Crippen molar-refractivity contribution in [1.29, 1.82) is 0 Å². The van der Waals surface area contributed by atoms with E-state index < -0.39 is 12.2 Å². The van der Waals surface area contributed by atoms with Crippen LogP contribution >= 0.6 is 0 Å². The van der Waals surface area contributed by atoms with E-state index in [-0.39, 0.29) is 6.10 Å². The number of hydrogen-bond donors (Lipinski definition) is 3. The monoisotopic (exact) mass is 189 g/mol. The summed E-state index contributed by atoms with van der Waals surface area (Å²) in [5, 5.41) is 22.1. The van der Waals surface area contributed by atoms with Crippen molar-refractivity contribution in [3.05, 3.63) is 0 Å². The highest BCUT2D eigenvalue weighted by Crippen LogP contribution is 2.13. The van der Waals surface area contributed by atoms with Crippen molar-refractivity contribution < 1.29 is 14.9 Å². The Morgan fingerprint density at radius 3 is 2.77 bits per heavy atom. The van der Waals surface area contributed by atoms with E-state index in [0.717, 1.165) is 0 Å². The van der Waals surface area contributed by atoms with E-state index in [1.165, 1.54) is 0 Å². The molecule has 1 fully saturated rings. The molecule has 0 aliphatic carbocycles. The fourth-order valence-electron chi connectivity index (χ4n) is 1.39. The van der Waals surface area contributed by atoms with Crippen molar-refractivity contribution in [2.24, 2.45) is 0 Å². The van der Waals surface area contributed by atoms with E-state index in [0.29, 0.717) is 25.6 Å². The Kier molecular flexibility index (Phi) is 4.12. The van der Waals surface area contributed by atoms with Crippen LogP contribution in [0.1, 0.15) is 20.3 Å². The Bertz CT molecular complexity index is 152. The largest absolute Gasteiger partial charge is 0.390 e. The summed E-state index contributed by atoms with van der Waals surface area (Å²) in [5.74, 6) is 0. The molecule has 4 heteroatoms. The van der Waals surface area contributed by atoms with Crippen molar-refractivity contribution in [3.63, 3.8) is 0 Å². The zero-order chi connectivity index (χ0) is 9.84. The van der Waals surface area contributed by atoms with E-state index in [2.05, 4.69) is 5.32 Å². The fourth-order valence-corrected chi connectivity index (χ4v) is 1.39. The second-order valence-electron chi connectivity index (χ2n) is 3.82. The van der Waals surface area contributed by atoms with E-state index in [4.69, 9.17) is 4.74 Å². The van der Waals surface area contributed by atoms with Crippen LogP contribution in [0.15, 0.2) is 0 Å². The summed E-state index contributed by atoms with van der Waals surface area (Å²) in [4.78, 5) is 0. The first kappa shape index (κ1) is 10.9. The van der Waals surface area contributed by atoms with Gasteiger partial charge in [0.05, 0.1) is 12.2 Å². The van der Waals surface area contributed by atoms with E-state index in [9.17, 15) is 10.2 Å². The first-order valence-electron chi connectivity index (χ1n) is 4.82. The van der Waals surface area contributed by atoms with Gasteiger partial charge in [0.25, 0.3) is 0 Å². The summed E-state index contributed by atoms with van der Waals surface area (Å²) in [6.45, 7) is 5.19. The molecule has 3 atom stereocenters. The molecule has 1 aliphatic heterocycles. The summed E-state index contributed by atoms with van der Waals surface area (Å²) in [5.41, 5.74) is 0. The summed E-state index contributed by atoms with van der Waals surface area (Å²) < 4.78 is 5.34. The highest BCUT2D eigenvalue weighted by molar-refractivity contribution is 4.82. The lowest BCUT2D eigenvalue weighted by Gasteiger charge is -2.32. The van der Waals surface area contributed by atoms with Gasteiger partial charge in [-0.15, -0.1) is 0 Å². The molecule has 0 amide bonds. The van der Waals surface area contributed by atoms with Gasteiger partial charge in [-0.25, -0.2) is 0 Å².